The van der Waals surface area contributed by atoms with Gasteiger partial charge in [-0.25, -0.2) is 0 Å². The lowest BCUT2D eigenvalue weighted by Gasteiger charge is -2.18. The van der Waals surface area contributed by atoms with Gasteiger partial charge in [-0.05, 0) is 89.9 Å². The molecule has 0 spiro atoms. The number of carbonyl (C=O) groups excluding carboxylic acids is 3. The molecule has 0 aliphatic heterocycles. The molecule has 0 radical (unpaired) electrons. The van der Waals surface area contributed by atoms with Gasteiger partial charge < -0.3 is 14.2 Å². The summed E-state index contributed by atoms with van der Waals surface area (Å²) in [7, 11) is 0. The second kappa shape index (κ2) is 70.3. The van der Waals surface area contributed by atoms with Gasteiger partial charge in [0.15, 0.2) is 6.10 Å². The molecule has 0 aromatic rings. The van der Waals surface area contributed by atoms with Gasteiger partial charge in [-0.2, -0.15) is 0 Å². The largest absolute Gasteiger partial charge is 0.462 e. The van der Waals surface area contributed by atoms with Gasteiger partial charge in [-0.15, -0.1) is 0 Å². The van der Waals surface area contributed by atoms with Gasteiger partial charge in [-0.3, -0.25) is 14.4 Å². The summed E-state index contributed by atoms with van der Waals surface area (Å²) in [6, 6.07) is 0. The predicted octanol–water partition coefficient (Wildman–Crippen LogP) is 24.8. The Kier molecular flexibility index (Phi) is 67.6. The summed E-state index contributed by atoms with van der Waals surface area (Å²) < 4.78 is 16.9. The lowest BCUT2D eigenvalue weighted by Crippen LogP contribution is -2.30. The van der Waals surface area contributed by atoms with Crippen LogP contribution in [-0.4, -0.2) is 37.2 Å². The third-order valence-corrected chi connectivity index (χ3v) is 15.9. The lowest BCUT2D eigenvalue weighted by atomic mass is 10.0. The van der Waals surface area contributed by atoms with Crippen LogP contribution in [0.3, 0.4) is 0 Å². The van der Waals surface area contributed by atoms with Gasteiger partial charge in [-0.1, -0.05) is 338 Å². The van der Waals surface area contributed by atoms with Gasteiger partial charge in [0.2, 0.25) is 0 Å². The van der Waals surface area contributed by atoms with E-state index in [2.05, 4.69) is 93.7 Å². The predicted molar refractivity (Wildman–Crippen MR) is 358 cm³/mol. The van der Waals surface area contributed by atoms with E-state index in [1.54, 1.807) is 0 Å². The second-order valence-corrected chi connectivity index (χ2v) is 24.1. The third-order valence-electron chi connectivity index (χ3n) is 15.9. The maximum absolute atomic E-state index is 12.9. The smallest absolute Gasteiger partial charge is 0.306 e. The van der Waals surface area contributed by atoms with E-state index >= 15 is 0 Å². The Morgan fingerprint density at radius 1 is 0.256 bits per heavy atom. The number of carbonyl (C=O) groups is 3. The van der Waals surface area contributed by atoms with Crippen molar-refractivity contribution >= 4 is 17.9 Å². The van der Waals surface area contributed by atoms with E-state index in [-0.39, 0.29) is 31.1 Å². The molecule has 82 heavy (non-hydrogen) atoms. The van der Waals surface area contributed by atoms with E-state index in [0.717, 1.165) is 89.9 Å². The molecule has 476 valence electrons. The zero-order valence-electron chi connectivity index (χ0n) is 54.8. The number of hydrogen-bond donors (Lipinski definition) is 0. The highest BCUT2D eigenvalue weighted by Crippen LogP contribution is 2.18. The first kappa shape index (κ1) is 78.8. The van der Waals surface area contributed by atoms with E-state index in [1.165, 1.54) is 244 Å². The molecule has 1 atom stereocenters. The molecule has 0 rings (SSSR count). The molecule has 0 aromatic carbocycles. The van der Waals surface area contributed by atoms with Gasteiger partial charge in [0.25, 0.3) is 0 Å². The monoisotopic (exact) mass is 1150 g/mol. The number of rotatable bonds is 66. The van der Waals surface area contributed by atoms with Crippen LogP contribution < -0.4 is 0 Å². The molecular weight excluding hydrogens is 1010 g/mol. The number of esters is 3. The van der Waals surface area contributed by atoms with Crippen molar-refractivity contribution in [2.24, 2.45) is 0 Å². The Morgan fingerprint density at radius 2 is 0.476 bits per heavy atom. The molecular formula is C76H136O6. The van der Waals surface area contributed by atoms with Crippen molar-refractivity contribution < 1.29 is 28.6 Å². The van der Waals surface area contributed by atoms with Crippen molar-refractivity contribution in [2.75, 3.05) is 13.2 Å². The SMILES string of the molecule is CC/C=C\C/C=C\C/C=C\C/C=C\CCCCCCCCCCCCCCCCCCCCCCC(=O)OCC(COC(=O)CCCCCCCC)OC(=O)CCCCCCCCCCCCCCC/C=C\C/C=C\CCCCCCC. The van der Waals surface area contributed by atoms with Gasteiger partial charge in [0.1, 0.15) is 13.2 Å². The molecule has 6 heteroatoms. The first-order chi connectivity index (χ1) is 40.5. The first-order valence-electron chi connectivity index (χ1n) is 35.9. The van der Waals surface area contributed by atoms with Crippen LogP contribution in [0.25, 0.3) is 0 Å². The molecule has 0 fully saturated rings. The van der Waals surface area contributed by atoms with E-state index < -0.39 is 6.10 Å². The molecule has 0 aromatic heterocycles. The number of unbranched alkanes of at least 4 members (excludes halogenated alkanes) is 43. The van der Waals surface area contributed by atoms with Gasteiger partial charge >= 0.3 is 17.9 Å². The van der Waals surface area contributed by atoms with Crippen LogP contribution in [0.4, 0.5) is 0 Å². The maximum Gasteiger partial charge on any atom is 0.306 e. The standard InChI is InChI=1S/C76H136O6/c1-4-7-10-13-16-18-20-22-24-26-28-30-32-34-35-36-37-38-39-40-41-43-44-46-48-50-52-54-56-58-60-63-66-69-75(78)81-72-73(71-80-74(77)68-65-62-15-12-9-6-3)82-76(79)70-67-64-61-59-57-55-53-51-49-47-45-42-33-31-29-27-25-23-21-19-17-14-11-8-5-2/h7,10,16,18,21-24,27-30,73H,4-6,8-9,11-15,17,19-20,25-26,31-72H2,1-3H3/b10-7-,18-16-,23-21-,24-22-,29-27-,30-28-. The zero-order chi connectivity index (χ0) is 59.2. The summed E-state index contributed by atoms with van der Waals surface area (Å²) in [5, 5.41) is 0. The second-order valence-electron chi connectivity index (χ2n) is 24.1. The molecule has 0 saturated carbocycles. The lowest BCUT2D eigenvalue weighted by molar-refractivity contribution is -0.167. The first-order valence-corrected chi connectivity index (χ1v) is 35.9. The molecule has 0 saturated heterocycles. The highest BCUT2D eigenvalue weighted by Gasteiger charge is 2.19. The summed E-state index contributed by atoms with van der Waals surface area (Å²) >= 11 is 0. The maximum atomic E-state index is 12.9. The Labute approximate surface area is 510 Å². The summed E-state index contributed by atoms with van der Waals surface area (Å²) in [6.07, 6.45) is 92.7. The van der Waals surface area contributed by atoms with Crippen LogP contribution in [0, 0.1) is 0 Å². The highest BCUT2D eigenvalue weighted by molar-refractivity contribution is 5.71. The Hall–Kier alpha value is -3.15. The Morgan fingerprint density at radius 3 is 0.744 bits per heavy atom. The quantitative estimate of drug-likeness (QED) is 0.0261. The van der Waals surface area contributed by atoms with Crippen LogP contribution in [0.1, 0.15) is 374 Å². The van der Waals surface area contributed by atoms with Crippen LogP contribution in [0.2, 0.25) is 0 Å². The van der Waals surface area contributed by atoms with E-state index in [1.807, 2.05) is 0 Å². The van der Waals surface area contributed by atoms with Gasteiger partial charge in [0, 0.05) is 19.3 Å². The van der Waals surface area contributed by atoms with E-state index in [4.69, 9.17) is 14.2 Å². The molecule has 0 amide bonds. The van der Waals surface area contributed by atoms with Crippen LogP contribution in [-0.2, 0) is 28.6 Å². The zero-order valence-corrected chi connectivity index (χ0v) is 54.8. The summed E-state index contributed by atoms with van der Waals surface area (Å²) in [5.74, 6) is -0.859. The van der Waals surface area contributed by atoms with Gasteiger partial charge in [0.05, 0.1) is 0 Å². The fourth-order valence-electron chi connectivity index (χ4n) is 10.6. The fourth-order valence-corrected chi connectivity index (χ4v) is 10.6. The number of ether oxygens (including phenoxy) is 3. The molecule has 1 unspecified atom stereocenters. The molecule has 0 bridgehead atoms. The van der Waals surface area contributed by atoms with Crippen molar-refractivity contribution in [1.29, 1.82) is 0 Å². The number of hydrogen-bond acceptors (Lipinski definition) is 6. The molecule has 0 aliphatic rings. The topological polar surface area (TPSA) is 78.9 Å². The summed E-state index contributed by atoms with van der Waals surface area (Å²) in [6.45, 7) is 6.51. The Balaban J connectivity index is 3.96. The minimum Gasteiger partial charge on any atom is -0.462 e. The van der Waals surface area contributed by atoms with Crippen LogP contribution >= 0.6 is 0 Å². The van der Waals surface area contributed by atoms with Crippen LogP contribution in [0.15, 0.2) is 72.9 Å². The van der Waals surface area contributed by atoms with E-state index in [9.17, 15) is 14.4 Å². The molecule has 0 aliphatic carbocycles. The minimum atomic E-state index is -0.770. The Bertz CT molecular complexity index is 1500. The highest BCUT2D eigenvalue weighted by atomic mass is 16.6. The van der Waals surface area contributed by atoms with Crippen molar-refractivity contribution in [1.82, 2.24) is 0 Å². The molecule has 6 nitrogen and oxygen atoms in total. The summed E-state index contributed by atoms with van der Waals surface area (Å²) in [5.41, 5.74) is 0. The fraction of sp³-hybridized carbons (Fsp3) is 0.803. The normalized spacial score (nSPS) is 12.5. The summed E-state index contributed by atoms with van der Waals surface area (Å²) in [4.78, 5) is 38.1. The average Bonchev–Trinajstić information content (AvgIpc) is 3.47. The van der Waals surface area contributed by atoms with E-state index in [0.29, 0.717) is 19.3 Å². The molecule has 0 heterocycles. The molecule has 0 N–H and O–H groups in total. The van der Waals surface area contributed by atoms with Crippen molar-refractivity contribution in [3.63, 3.8) is 0 Å². The minimum absolute atomic E-state index is 0.0700. The third kappa shape index (κ3) is 67.6. The van der Waals surface area contributed by atoms with Crippen molar-refractivity contribution in [3.8, 4) is 0 Å². The van der Waals surface area contributed by atoms with Crippen LogP contribution in [0.5, 0.6) is 0 Å². The average molecular weight is 1150 g/mol. The number of allylic oxidation sites excluding steroid dienone is 12. The van der Waals surface area contributed by atoms with Crippen molar-refractivity contribution in [3.05, 3.63) is 72.9 Å². The van der Waals surface area contributed by atoms with Crippen molar-refractivity contribution in [2.45, 2.75) is 380 Å².